The van der Waals surface area contributed by atoms with E-state index in [0.29, 0.717) is 24.3 Å². The summed E-state index contributed by atoms with van der Waals surface area (Å²) < 4.78 is 11.4. The minimum atomic E-state index is -0.292. The fourth-order valence-corrected chi connectivity index (χ4v) is 6.17. The number of carbonyl (C=O) groups excluding carboxylic acids is 2. The largest absolute Gasteiger partial charge is 0.462 e. The van der Waals surface area contributed by atoms with Crippen LogP contribution in [0.1, 0.15) is 86.9 Å². The summed E-state index contributed by atoms with van der Waals surface area (Å²) in [5, 5.41) is 1.93. The number of hydrogen-bond acceptors (Lipinski definition) is 6. The van der Waals surface area contributed by atoms with Crippen molar-refractivity contribution in [3.8, 4) is 22.3 Å². The molecule has 0 heterocycles. The van der Waals surface area contributed by atoms with Gasteiger partial charge in [0, 0.05) is 13.1 Å². The molecule has 3 aromatic carbocycles. The van der Waals surface area contributed by atoms with Gasteiger partial charge in [-0.25, -0.2) is 9.59 Å². The van der Waals surface area contributed by atoms with Gasteiger partial charge in [-0.3, -0.25) is 0 Å². The van der Waals surface area contributed by atoms with E-state index in [0.717, 1.165) is 111 Å². The highest BCUT2D eigenvalue weighted by Gasteiger charge is 2.25. The number of fused-ring (bicyclic) bond motifs is 3. The van der Waals surface area contributed by atoms with E-state index in [9.17, 15) is 9.59 Å². The second-order valence-corrected chi connectivity index (χ2v) is 11.3. The second-order valence-electron chi connectivity index (χ2n) is 11.3. The summed E-state index contributed by atoms with van der Waals surface area (Å²) in [4.78, 5) is 31.0. The Balaban J connectivity index is 1.42. The molecular formula is C36H48N2O4. The fraction of sp³-hybridized carbons (Fsp3) is 0.500. The minimum Gasteiger partial charge on any atom is -0.462 e. The molecule has 0 radical (unpaired) electrons. The lowest BCUT2D eigenvalue weighted by Crippen LogP contribution is -2.27. The molecule has 0 amide bonds. The molecule has 6 heteroatoms. The third kappa shape index (κ3) is 7.59. The highest BCUT2D eigenvalue weighted by Crippen LogP contribution is 2.48. The number of esters is 2. The lowest BCUT2D eigenvalue weighted by molar-refractivity contribution is 0.0480. The number of ether oxygens (including phenoxy) is 2. The first-order valence-electron chi connectivity index (χ1n) is 16.0. The summed E-state index contributed by atoms with van der Waals surface area (Å²) in [6.07, 6.45) is 6.17. The van der Waals surface area contributed by atoms with E-state index in [2.05, 4.69) is 43.6 Å². The van der Waals surface area contributed by atoms with Crippen molar-refractivity contribution < 1.29 is 19.1 Å². The average Bonchev–Trinajstić information content (AvgIpc) is 3.32. The molecule has 0 bridgehead atoms. The normalized spacial score (nSPS) is 11.9. The molecule has 1 aliphatic rings. The van der Waals surface area contributed by atoms with Gasteiger partial charge in [-0.1, -0.05) is 58.0 Å². The summed E-state index contributed by atoms with van der Waals surface area (Å²) in [7, 11) is 0. The van der Waals surface area contributed by atoms with Crippen LogP contribution in [-0.2, 0) is 9.47 Å². The summed E-state index contributed by atoms with van der Waals surface area (Å²) in [5.41, 5.74) is 5.32. The van der Waals surface area contributed by atoms with Gasteiger partial charge in [-0.2, -0.15) is 0 Å². The van der Waals surface area contributed by atoms with Gasteiger partial charge in [0.05, 0.1) is 24.3 Å². The van der Waals surface area contributed by atoms with Crippen LogP contribution in [-0.4, -0.2) is 74.2 Å². The van der Waals surface area contributed by atoms with E-state index in [1.807, 2.05) is 42.5 Å². The molecule has 0 saturated heterocycles. The average molecular weight is 573 g/mol. The Hall–Kier alpha value is -3.22. The molecule has 226 valence electrons. The van der Waals surface area contributed by atoms with Crippen molar-refractivity contribution in [1.82, 2.24) is 9.80 Å². The molecule has 6 nitrogen and oxygen atoms in total. The lowest BCUT2D eigenvalue weighted by atomic mass is 9.98. The first-order chi connectivity index (χ1) is 20.5. The molecule has 1 aliphatic carbocycles. The monoisotopic (exact) mass is 572 g/mol. The van der Waals surface area contributed by atoms with E-state index in [-0.39, 0.29) is 11.9 Å². The molecule has 0 aromatic heterocycles. The first kappa shape index (κ1) is 31.7. The highest BCUT2D eigenvalue weighted by molar-refractivity contribution is 6.20. The second kappa shape index (κ2) is 15.9. The summed E-state index contributed by atoms with van der Waals surface area (Å²) in [6, 6.07) is 15.7. The van der Waals surface area contributed by atoms with Gasteiger partial charge < -0.3 is 19.3 Å². The predicted octanol–water partition coefficient (Wildman–Crippen LogP) is 7.83. The van der Waals surface area contributed by atoms with Gasteiger partial charge in [0.1, 0.15) is 0 Å². The van der Waals surface area contributed by atoms with E-state index >= 15 is 0 Å². The molecular weight excluding hydrogens is 524 g/mol. The van der Waals surface area contributed by atoms with Crippen LogP contribution in [0.3, 0.4) is 0 Å². The zero-order valence-electron chi connectivity index (χ0n) is 26.0. The molecule has 4 rings (SSSR count). The third-order valence-electron chi connectivity index (χ3n) is 7.96. The Bertz CT molecular complexity index is 1340. The number of carbonyl (C=O) groups is 2. The Morgan fingerprint density at radius 2 is 1.14 bits per heavy atom. The number of benzene rings is 3. The molecule has 0 unspecified atom stereocenters. The third-order valence-corrected chi connectivity index (χ3v) is 7.96. The van der Waals surface area contributed by atoms with Crippen molar-refractivity contribution in [2.75, 3.05) is 52.5 Å². The van der Waals surface area contributed by atoms with Gasteiger partial charge in [-0.05, 0) is 116 Å². The highest BCUT2D eigenvalue weighted by atomic mass is 16.5. The number of nitrogens with zero attached hydrogens (tertiary/aromatic N) is 2. The number of hydrogen-bond donors (Lipinski definition) is 0. The molecule has 0 aliphatic heterocycles. The lowest BCUT2D eigenvalue weighted by Gasteiger charge is -2.20. The van der Waals surface area contributed by atoms with Crippen molar-refractivity contribution >= 4 is 22.7 Å². The van der Waals surface area contributed by atoms with Crippen molar-refractivity contribution in [3.63, 3.8) is 0 Å². The van der Waals surface area contributed by atoms with Crippen LogP contribution < -0.4 is 0 Å². The van der Waals surface area contributed by atoms with Gasteiger partial charge in [0.25, 0.3) is 0 Å². The fourth-order valence-electron chi connectivity index (χ4n) is 6.17. The first-order valence-corrected chi connectivity index (χ1v) is 16.0. The zero-order chi connectivity index (χ0) is 29.9. The van der Waals surface area contributed by atoms with E-state index < -0.39 is 0 Å². The Kier molecular flexibility index (Phi) is 12.0. The summed E-state index contributed by atoms with van der Waals surface area (Å²) >= 11 is 0. The van der Waals surface area contributed by atoms with E-state index in [1.54, 1.807) is 0 Å². The summed E-state index contributed by atoms with van der Waals surface area (Å²) in [6.45, 7) is 15.8. The van der Waals surface area contributed by atoms with Crippen LogP contribution in [0.25, 0.3) is 33.0 Å². The summed E-state index contributed by atoms with van der Waals surface area (Å²) in [5.74, 6) is -0.577. The predicted molar refractivity (Wildman–Crippen MR) is 172 cm³/mol. The van der Waals surface area contributed by atoms with Gasteiger partial charge in [0.2, 0.25) is 0 Å². The Morgan fingerprint density at radius 3 is 1.74 bits per heavy atom. The minimum absolute atomic E-state index is 0.284. The van der Waals surface area contributed by atoms with Crippen LogP contribution in [0.4, 0.5) is 0 Å². The Labute approximate surface area is 252 Å². The zero-order valence-corrected chi connectivity index (χ0v) is 26.0. The molecule has 0 N–H and O–H groups in total. The molecule has 0 fully saturated rings. The van der Waals surface area contributed by atoms with Gasteiger partial charge in [0.15, 0.2) is 0 Å². The smallest absolute Gasteiger partial charge is 0.338 e. The van der Waals surface area contributed by atoms with E-state index in [1.165, 1.54) is 0 Å². The maximum Gasteiger partial charge on any atom is 0.338 e. The number of rotatable bonds is 18. The maximum absolute atomic E-state index is 13.2. The van der Waals surface area contributed by atoms with Crippen molar-refractivity contribution in [1.29, 1.82) is 0 Å². The Morgan fingerprint density at radius 1 is 0.595 bits per heavy atom. The standard InChI is InChI=1S/C36H48N2O4/c1-5-18-37(19-6-2)22-10-24-41-35(39)27-14-15-28-29-12-9-13-30-32(17-16-31(34(29)30)33(28)26-27)36(40)42-25-11-23-38(20-7-3)21-8-4/h9,12-17,26H,5-8,10-11,18-25H2,1-4H3. The van der Waals surface area contributed by atoms with Gasteiger partial charge >= 0.3 is 11.9 Å². The van der Waals surface area contributed by atoms with Crippen molar-refractivity contribution in [3.05, 3.63) is 59.7 Å². The maximum atomic E-state index is 13.2. The van der Waals surface area contributed by atoms with Crippen LogP contribution in [0.15, 0.2) is 48.5 Å². The van der Waals surface area contributed by atoms with Crippen LogP contribution in [0, 0.1) is 0 Å². The van der Waals surface area contributed by atoms with Crippen molar-refractivity contribution in [2.24, 2.45) is 0 Å². The van der Waals surface area contributed by atoms with E-state index in [4.69, 9.17) is 9.47 Å². The van der Waals surface area contributed by atoms with Crippen molar-refractivity contribution in [2.45, 2.75) is 66.2 Å². The van der Waals surface area contributed by atoms with Gasteiger partial charge in [-0.15, -0.1) is 0 Å². The van der Waals surface area contributed by atoms with Crippen LogP contribution in [0.5, 0.6) is 0 Å². The van der Waals surface area contributed by atoms with Crippen LogP contribution >= 0.6 is 0 Å². The quantitative estimate of drug-likeness (QED) is 0.0895. The molecule has 3 aromatic rings. The molecule has 42 heavy (non-hydrogen) atoms. The topological polar surface area (TPSA) is 59.1 Å². The molecule has 0 atom stereocenters. The molecule has 0 saturated carbocycles. The van der Waals surface area contributed by atoms with Crippen LogP contribution in [0.2, 0.25) is 0 Å². The SMILES string of the molecule is CCCN(CCC)CCCOC(=O)c1ccc2c(c1)-c1ccc(C(=O)OCCCN(CCC)CCC)c3cccc-2c13. The molecule has 0 spiro atoms.